The van der Waals surface area contributed by atoms with Crippen molar-refractivity contribution in [1.29, 1.82) is 0 Å². The van der Waals surface area contributed by atoms with Crippen molar-refractivity contribution >= 4 is 16.0 Å². The molecule has 28 heavy (non-hydrogen) atoms. The van der Waals surface area contributed by atoms with Crippen molar-refractivity contribution in [2.45, 2.75) is 37.8 Å². The maximum Gasteiger partial charge on any atom is 0.339 e. The lowest BCUT2D eigenvalue weighted by Gasteiger charge is -2.29. The molecule has 0 aliphatic heterocycles. The maximum absolute atomic E-state index is 13.1. The van der Waals surface area contributed by atoms with E-state index in [-0.39, 0.29) is 35.7 Å². The van der Waals surface area contributed by atoms with Crippen LogP contribution in [0.1, 0.15) is 25.8 Å². The van der Waals surface area contributed by atoms with Gasteiger partial charge in [-0.25, -0.2) is 4.39 Å². The van der Waals surface area contributed by atoms with Crippen molar-refractivity contribution in [1.82, 2.24) is 4.90 Å². The molecular weight excluding hydrogens is 385 g/mol. The second-order valence-electron chi connectivity index (χ2n) is 6.31. The van der Waals surface area contributed by atoms with Gasteiger partial charge in [0.25, 0.3) is 0 Å². The number of carbonyl (C=O) groups excluding carboxylic acids is 1. The van der Waals surface area contributed by atoms with Crippen LogP contribution in [0.4, 0.5) is 4.39 Å². The molecule has 0 saturated heterocycles. The zero-order valence-electron chi connectivity index (χ0n) is 16.1. The lowest BCUT2D eigenvalue weighted by Crippen LogP contribution is -2.40. The molecule has 0 unspecified atom stereocenters. The van der Waals surface area contributed by atoms with Gasteiger partial charge in [-0.1, -0.05) is 25.1 Å². The molecule has 0 spiro atoms. The first-order valence-electron chi connectivity index (χ1n) is 8.84. The number of amides is 1. The quantitative estimate of drug-likeness (QED) is 0.594. The number of hydrogen-bond donors (Lipinski definition) is 0. The highest BCUT2D eigenvalue weighted by molar-refractivity contribution is 7.87. The number of ether oxygens (including phenoxy) is 1. The SMILES string of the molecule is CC[C@H](C)N(Cc1ccccc1OS(=O)(=O)c1ccc(F)cc1)C(=O)COC. The van der Waals surface area contributed by atoms with E-state index in [9.17, 15) is 17.6 Å². The molecule has 1 atom stereocenters. The summed E-state index contributed by atoms with van der Waals surface area (Å²) in [6, 6.07) is 10.9. The third-order valence-electron chi connectivity index (χ3n) is 4.33. The van der Waals surface area contributed by atoms with Gasteiger partial charge in [-0.05, 0) is 43.7 Å². The smallest absolute Gasteiger partial charge is 0.339 e. The molecule has 8 heteroatoms. The van der Waals surface area contributed by atoms with Gasteiger partial charge in [-0.15, -0.1) is 0 Å². The summed E-state index contributed by atoms with van der Waals surface area (Å²) in [5, 5.41) is 0. The highest BCUT2D eigenvalue weighted by Gasteiger charge is 2.23. The molecule has 152 valence electrons. The Hall–Kier alpha value is -2.45. The van der Waals surface area contributed by atoms with Crippen LogP contribution in [0.15, 0.2) is 53.4 Å². The second-order valence-corrected chi connectivity index (χ2v) is 7.86. The zero-order chi connectivity index (χ0) is 20.7. The molecule has 0 saturated carbocycles. The molecule has 0 N–H and O–H groups in total. The summed E-state index contributed by atoms with van der Waals surface area (Å²) in [5.74, 6) is -0.626. The minimum atomic E-state index is -4.14. The fourth-order valence-corrected chi connectivity index (χ4v) is 3.55. The minimum Gasteiger partial charge on any atom is -0.379 e. The van der Waals surface area contributed by atoms with Crippen LogP contribution in [-0.2, 0) is 26.2 Å². The summed E-state index contributed by atoms with van der Waals surface area (Å²) in [5.41, 5.74) is 0.540. The number of carbonyl (C=O) groups is 1. The van der Waals surface area contributed by atoms with Crippen LogP contribution in [0.2, 0.25) is 0 Å². The first-order valence-corrected chi connectivity index (χ1v) is 10.3. The van der Waals surface area contributed by atoms with E-state index in [1.807, 2.05) is 13.8 Å². The summed E-state index contributed by atoms with van der Waals surface area (Å²) in [6.07, 6.45) is 0.729. The molecular formula is C20H24FNO5S. The minimum absolute atomic E-state index is 0.0654. The number of rotatable bonds is 9. The van der Waals surface area contributed by atoms with Gasteiger partial charge < -0.3 is 13.8 Å². The number of methoxy groups -OCH3 is 1. The van der Waals surface area contributed by atoms with Gasteiger partial charge in [0.1, 0.15) is 23.1 Å². The van der Waals surface area contributed by atoms with Crippen molar-refractivity contribution < 1.29 is 26.5 Å². The number of nitrogens with zero attached hydrogens (tertiary/aromatic N) is 1. The number of halogens is 1. The molecule has 2 aromatic rings. The van der Waals surface area contributed by atoms with Crippen molar-refractivity contribution in [3.05, 3.63) is 59.9 Å². The van der Waals surface area contributed by atoms with Crippen LogP contribution in [0.3, 0.4) is 0 Å². The average molecular weight is 409 g/mol. The molecule has 2 rings (SSSR count). The molecule has 0 radical (unpaired) electrons. The van der Waals surface area contributed by atoms with E-state index in [1.165, 1.54) is 13.2 Å². The molecule has 2 aromatic carbocycles. The van der Waals surface area contributed by atoms with Gasteiger partial charge in [-0.3, -0.25) is 4.79 Å². The lowest BCUT2D eigenvalue weighted by atomic mass is 10.1. The van der Waals surface area contributed by atoms with E-state index in [0.717, 1.165) is 30.7 Å². The summed E-state index contributed by atoms with van der Waals surface area (Å²) in [4.78, 5) is 13.9. The largest absolute Gasteiger partial charge is 0.379 e. The number of benzene rings is 2. The summed E-state index contributed by atoms with van der Waals surface area (Å²) in [6.45, 7) is 3.97. The molecule has 0 fully saturated rings. The first kappa shape index (κ1) is 21.8. The molecule has 0 bridgehead atoms. The van der Waals surface area contributed by atoms with Gasteiger partial charge in [0, 0.05) is 25.3 Å². The third-order valence-corrected chi connectivity index (χ3v) is 5.57. The number of para-hydroxylation sites is 1. The molecule has 0 aromatic heterocycles. The van der Waals surface area contributed by atoms with Gasteiger partial charge in [-0.2, -0.15) is 8.42 Å². The van der Waals surface area contributed by atoms with Crippen LogP contribution in [0.5, 0.6) is 5.75 Å². The maximum atomic E-state index is 13.1. The van der Waals surface area contributed by atoms with Crippen molar-refractivity contribution in [2.75, 3.05) is 13.7 Å². The topological polar surface area (TPSA) is 72.9 Å². The van der Waals surface area contributed by atoms with E-state index >= 15 is 0 Å². The lowest BCUT2D eigenvalue weighted by molar-refractivity contribution is -0.138. The molecule has 6 nitrogen and oxygen atoms in total. The predicted octanol–water partition coefficient (Wildman–Crippen LogP) is 3.37. The Morgan fingerprint density at radius 2 is 1.79 bits per heavy atom. The van der Waals surface area contributed by atoms with E-state index < -0.39 is 15.9 Å². The Labute approximate surface area is 165 Å². The third kappa shape index (κ3) is 5.53. The Balaban J connectivity index is 2.31. The van der Waals surface area contributed by atoms with Crippen LogP contribution in [-0.4, -0.2) is 39.0 Å². The van der Waals surface area contributed by atoms with Crippen molar-refractivity contribution in [3.63, 3.8) is 0 Å². The molecule has 0 heterocycles. The highest BCUT2D eigenvalue weighted by Crippen LogP contribution is 2.25. The van der Waals surface area contributed by atoms with E-state index in [1.54, 1.807) is 23.1 Å². The van der Waals surface area contributed by atoms with Crippen molar-refractivity contribution in [2.24, 2.45) is 0 Å². The average Bonchev–Trinajstić information content (AvgIpc) is 2.67. The predicted molar refractivity (Wildman–Crippen MR) is 103 cm³/mol. The fraction of sp³-hybridized carbons (Fsp3) is 0.350. The van der Waals surface area contributed by atoms with Crippen LogP contribution in [0.25, 0.3) is 0 Å². The van der Waals surface area contributed by atoms with Crippen LogP contribution < -0.4 is 4.18 Å². The monoisotopic (exact) mass is 409 g/mol. The summed E-state index contributed by atoms with van der Waals surface area (Å²) in [7, 11) is -2.70. The Kier molecular flexibility index (Phi) is 7.53. The van der Waals surface area contributed by atoms with Crippen molar-refractivity contribution in [3.8, 4) is 5.75 Å². The second kappa shape index (κ2) is 9.66. The highest BCUT2D eigenvalue weighted by atomic mass is 32.2. The van der Waals surface area contributed by atoms with E-state index in [0.29, 0.717) is 5.56 Å². The van der Waals surface area contributed by atoms with E-state index in [4.69, 9.17) is 8.92 Å². The van der Waals surface area contributed by atoms with Crippen LogP contribution in [0, 0.1) is 5.82 Å². The standard InChI is InChI=1S/C20H24FNO5S/c1-4-15(2)22(20(23)14-26-3)13-16-7-5-6-8-19(16)27-28(24,25)18-11-9-17(21)10-12-18/h5-12,15H,4,13-14H2,1-3H3/t15-/m0/s1. The summed E-state index contributed by atoms with van der Waals surface area (Å²) >= 11 is 0. The van der Waals surface area contributed by atoms with Gasteiger partial charge in [0.2, 0.25) is 5.91 Å². The normalized spacial score (nSPS) is 12.4. The number of hydrogen-bond acceptors (Lipinski definition) is 5. The molecule has 1 amide bonds. The fourth-order valence-electron chi connectivity index (χ4n) is 2.58. The summed E-state index contributed by atoms with van der Waals surface area (Å²) < 4.78 is 48.4. The first-order chi connectivity index (χ1) is 13.3. The molecule has 0 aliphatic rings. The Morgan fingerprint density at radius 1 is 1.14 bits per heavy atom. The zero-order valence-corrected chi connectivity index (χ0v) is 16.9. The van der Waals surface area contributed by atoms with E-state index in [2.05, 4.69) is 0 Å². The van der Waals surface area contributed by atoms with Gasteiger partial charge in [0.15, 0.2) is 0 Å². The Morgan fingerprint density at radius 3 is 2.39 bits per heavy atom. The Bertz CT molecular complexity index is 899. The van der Waals surface area contributed by atoms with Gasteiger partial charge >= 0.3 is 10.1 Å². The van der Waals surface area contributed by atoms with Gasteiger partial charge in [0.05, 0.1) is 0 Å². The van der Waals surface area contributed by atoms with Crippen LogP contribution >= 0.6 is 0 Å². The molecule has 0 aliphatic carbocycles.